The molecule has 2 N–H and O–H groups in total. The Labute approximate surface area is 81.8 Å². The van der Waals surface area contributed by atoms with Crippen molar-refractivity contribution in [3.63, 3.8) is 0 Å². The van der Waals surface area contributed by atoms with Crippen molar-refractivity contribution in [1.82, 2.24) is 0 Å². The normalized spacial score (nSPS) is 34.8. The highest BCUT2D eigenvalue weighted by atomic mass is 16.5. The molecule has 1 aliphatic heterocycles. The van der Waals surface area contributed by atoms with E-state index in [0.717, 1.165) is 25.9 Å². The van der Waals surface area contributed by atoms with E-state index < -0.39 is 0 Å². The summed E-state index contributed by atoms with van der Waals surface area (Å²) in [6.45, 7) is 5.30. The first-order valence-corrected chi connectivity index (χ1v) is 5.62. The third-order valence-electron chi connectivity index (χ3n) is 3.16. The molecular formula is C11H23NO. The molecular weight excluding hydrogens is 162 g/mol. The van der Waals surface area contributed by atoms with Crippen molar-refractivity contribution in [3.8, 4) is 0 Å². The Balaban J connectivity index is 2.46. The first-order chi connectivity index (χ1) is 6.22. The molecule has 0 radical (unpaired) electrons. The van der Waals surface area contributed by atoms with Gasteiger partial charge in [-0.1, -0.05) is 26.7 Å². The average molecular weight is 185 g/mol. The molecule has 2 unspecified atom stereocenters. The standard InChI is InChI=1S/C11H23NO/c1-3-5-7-11(4-2)9-10(12)6-8-13-11/h10H,3-9,12H2,1-2H3. The number of unbranched alkanes of at least 4 members (excludes halogenated alkanes) is 1. The van der Waals surface area contributed by atoms with E-state index >= 15 is 0 Å². The fourth-order valence-electron chi connectivity index (χ4n) is 2.16. The highest BCUT2D eigenvalue weighted by molar-refractivity contribution is 4.87. The van der Waals surface area contributed by atoms with Gasteiger partial charge in [-0.15, -0.1) is 0 Å². The van der Waals surface area contributed by atoms with Crippen LogP contribution in [0.3, 0.4) is 0 Å². The predicted molar refractivity (Wildman–Crippen MR) is 55.7 cm³/mol. The van der Waals surface area contributed by atoms with Crippen LogP contribution < -0.4 is 5.73 Å². The zero-order chi connectivity index (χ0) is 9.73. The first kappa shape index (κ1) is 11.0. The Bertz CT molecular complexity index is 149. The molecule has 2 atom stereocenters. The van der Waals surface area contributed by atoms with Crippen LogP contribution in [0.25, 0.3) is 0 Å². The van der Waals surface area contributed by atoms with Gasteiger partial charge in [0.1, 0.15) is 0 Å². The molecule has 1 heterocycles. The lowest BCUT2D eigenvalue weighted by molar-refractivity contribution is -0.0926. The highest BCUT2D eigenvalue weighted by Crippen LogP contribution is 2.32. The molecule has 0 bridgehead atoms. The van der Waals surface area contributed by atoms with E-state index in [1.54, 1.807) is 0 Å². The van der Waals surface area contributed by atoms with Crippen LogP contribution in [0.2, 0.25) is 0 Å². The van der Waals surface area contributed by atoms with Crippen molar-refractivity contribution in [1.29, 1.82) is 0 Å². The second kappa shape index (κ2) is 4.97. The second-order valence-electron chi connectivity index (χ2n) is 4.24. The minimum atomic E-state index is 0.119. The van der Waals surface area contributed by atoms with Gasteiger partial charge in [0.25, 0.3) is 0 Å². The molecule has 2 heteroatoms. The number of hydrogen-bond donors (Lipinski definition) is 1. The molecule has 0 aromatic heterocycles. The molecule has 2 nitrogen and oxygen atoms in total. The van der Waals surface area contributed by atoms with Gasteiger partial charge in [-0.3, -0.25) is 0 Å². The summed E-state index contributed by atoms with van der Waals surface area (Å²) in [6.07, 6.45) is 6.91. The highest BCUT2D eigenvalue weighted by Gasteiger charge is 2.33. The lowest BCUT2D eigenvalue weighted by Crippen LogP contribution is -2.44. The van der Waals surface area contributed by atoms with Gasteiger partial charge in [-0.25, -0.2) is 0 Å². The van der Waals surface area contributed by atoms with E-state index in [1.165, 1.54) is 19.3 Å². The van der Waals surface area contributed by atoms with Crippen LogP contribution in [0.15, 0.2) is 0 Å². The monoisotopic (exact) mass is 185 g/mol. The third kappa shape index (κ3) is 2.96. The van der Waals surface area contributed by atoms with E-state index in [-0.39, 0.29) is 5.60 Å². The van der Waals surface area contributed by atoms with E-state index in [9.17, 15) is 0 Å². The molecule has 13 heavy (non-hydrogen) atoms. The quantitative estimate of drug-likeness (QED) is 0.730. The molecule has 0 aromatic carbocycles. The number of hydrogen-bond acceptors (Lipinski definition) is 2. The van der Waals surface area contributed by atoms with Gasteiger partial charge >= 0.3 is 0 Å². The number of nitrogens with two attached hydrogens (primary N) is 1. The minimum Gasteiger partial charge on any atom is -0.375 e. The largest absolute Gasteiger partial charge is 0.375 e. The zero-order valence-electron chi connectivity index (χ0n) is 9.01. The third-order valence-corrected chi connectivity index (χ3v) is 3.16. The van der Waals surface area contributed by atoms with E-state index in [0.29, 0.717) is 6.04 Å². The molecule has 0 spiro atoms. The molecule has 1 fully saturated rings. The zero-order valence-corrected chi connectivity index (χ0v) is 9.01. The van der Waals surface area contributed by atoms with Gasteiger partial charge < -0.3 is 10.5 Å². The van der Waals surface area contributed by atoms with E-state index in [4.69, 9.17) is 10.5 Å². The summed E-state index contributed by atoms with van der Waals surface area (Å²) in [5.41, 5.74) is 6.10. The van der Waals surface area contributed by atoms with Crippen LogP contribution >= 0.6 is 0 Å². The Kier molecular flexibility index (Phi) is 4.20. The van der Waals surface area contributed by atoms with Crippen LogP contribution in [-0.4, -0.2) is 18.2 Å². The summed E-state index contributed by atoms with van der Waals surface area (Å²) in [5, 5.41) is 0. The minimum absolute atomic E-state index is 0.119. The summed E-state index contributed by atoms with van der Waals surface area (Å²) in [4.78, 5) is 0. The summed E-state index contributed by atoms with van der Waals surface area (Å²) in [7, 11) is 0. The summed E-state index contributed by atoms with van der Waals surface area (Å²) in [5.74, 6) is 0. The van der Waals surface area contributed by atoms with Crippen molar-refractivity contribution >= 4 is 0 Å². The molecule has 0 aromatic rings. The lowest BCUT2D eigenvalue weighted by Gasteiger charge is -2.39. The van der Waals surface area contributed by atoms with Gasteiger partial charge in [-0.2, -0.15) is 0 Å². The predicted octanol–water partition coefficient (Wildman–Crippen LogP) is 2.46. The molecule has 1 rings (SSSR count). The lowest BCUT2D eigenvalue weighted by atomic mass is 9.84. The first-order valence-electron chi connectivity index (χ1n) is 5.62. The van der Waals surface area contributed by atoms with Gasteiger partial charge in [-0.05, 0) is 25.7 Å². The van der Waals surface area contributed by atoms with Gasteiger partial charge in [0.2, 0.25) is 0 Å². The van der Waals surface area contributed by atoms with Crippen molar-refractivity contribution in [2.75, 3.05) is 6.61 Å². The fraction of sp³-hybridized carbons (Fsp3) is 1.00. The van der Waals surface area contributed by atoms with Crippen LogP contribution in [0, 0.1) is 0 Å². The van der Waals surface area contributed by atoms with Gasteiger partial charge in [0, 0.05) is 12.6 Å². The van der Waals surface area contributed by atoms with Crippen molar-refractivity contribution in [2.45, 2.75) is 64.0 Å². The summed E-state index contributed by atoms with van der Waals surface area (Å²) < 4.78 is 5.91. The van der Waals surface area contributed by atoms with E-state index in [1.807, 2.05) is 0 Å². The van der Waals surface area contributed by atoms with Gasteiger partial charge in [0.15, 0.2) is 0 Å². The smallest absolute Gasteiger partial charge is 0.0694 e. The summed E-state index contributed by atoms with van der Waals surface area (Å²) >= 11 is 0. The second-order valence-corrected chi connectivity index (χ2v) is 4.24. The van der Waals surface area contributed by atoms with Gasteiger partial charge in [0.05, 0.1) is 5.60 Å². The SMILES string of the molecule is CCCCC1(CC)CC(N)CCO1. The summed E-state index contributed by atoms with van der Waals surface area (Å²) in [6, 6.07) is 0.366. The van der Waals surface area contributed by atoms with Crippen molar-refractivity contribution < 1.29 is 4.74 Å². The Morgan fingerprint density at radius 2 is 2.23 bits per heavy atom. The van der Waals surface area contributed by atoms with Crippen LogP contribution in [0.5, 0.6) is 0 Å². The van der Waals surface area contributed by atoms with Crippen LogP contribution in [0.4, 0.5) is 0 Å². The Hall–Kier alpha value is -0.0800. The molecule has 1 aliphatic rings. The average Bonchev–Trinajstić information content (AvgIpc) is 2.15. The van der Waals surface area contributed by atoms with Crippen LogP contribution in [0.1, 0.15) is 52.4 Å². The molecule has 0 saturated carbocycles. The van der Waals surface area contributed by atoms with Crippen molar-refractivity contribution in [3.05, 3.63) is 0 Å². The molecule has 78 valence electrons. The maximum atomic E-state index is 5.98. The number of ether oxygens (including phenoxy) is 1. The van der Waals surface area contributed by atoms with Crippen LogP contribution in [-0.2, 0) is 4.74 Å². The Morgan fingerprint density at radius 3 is 2.77 bits per heavy atom. The van der Waals surface area contributed by atoms with Crippen molar-refractivity contribution in [2.24, 2.45) is 5.73 Å². The maximum Gasteiger partial charge on any atom is 0.0694 e. The molecule has 0 amide bonds. The topological polar surface area (TPSA) is 35.2 Å². The fourth-order valence-corrected chi connectivity index (χ4v) is 2.16. The maximum absolute atomic E-state index is 5.98. The molecule has 1 saturated heterocycles. The number of rotatable bonds is 4. The Morgan fingerprint density at radius 1 is 1.46 bits per heavy atom. The molecule has 0 aliphatic carbocycles. The van der Waals surface area contributed by atoms with E-state index in [2.05, 4.69) is 13.8 Å².